The Morgan fingerprint density at radius 3 is 2.50 bits per heavy atom. The molecule has 0 bridgehead atoms. The molecule has 1 aromatic heterocycles. The first-order valence-electron chi connectivity index (χ1n) is 6.64. The van der Waals surface area contributed by atoms with E-state index in [1.54, 1.807) is 24.3 Å². The van der Waals surface area contributed by atoms with E-state index in [1.807, 2.05) is 0 Å². The van der Waals surface area contributed by atoms with E-state index >= 15 is 0 Å². The molecule has 4 N–H and O–H groups in total. The van der Waals surface area contributed by atoms with Crippen molar-refractivity contribution < 1.29 is 29.3 Å². The Bertz CT molecular complexity index is 720. The van der Waals surface area contributed by atoms with E-state index in [0.29, 0.717) is 5.52 Å². The molecule has 0 aliphatic carbocycles. The second-order valence-electron chi connectivity index (χ2n) is 5.09. The fourth-order valence-electron chi connectivity index (χ4n) is 2.23. The zero-order valence-electron chi connectivity index (χ0n) is 11.6. The zero-order valence-corrected chi connectivity index (χ0v) is 12.5. The highest BCUT2D eigenvalue weighted by atomic mass is 31.2. The number of hydrogen-bond donors (Lipinski definition) is 4. The molecule has 0 saturated heterocycles. The molecule has 0 aliphatic rings. The average molecular weight is 325 g/mol. The largest absolute Gasteiger partial charge is 0.481 e. The van der Waals surface area contributed by atoms with Gasteiger partial charge >= 0.3 is 11.9 Å². The number of carboxylic acid groups (broad SMARTS) is 2. The molecule has 118 valence electrons. The Hall–Kier alpha value is -2.11. The van der Waals surface area contributed by atoms with Crippen molar-refractivity contribution in [2.24, 2.45) is 5.92 Å². The van der Waals surface area contributed by atoms with Crippen molar-refractivity contribution in [2.75, 3.05) is 6.16 Å². The fourth-order valence-corrected chi connectivity index (χ4v) is 4.00. The lowest BCUT2D eigenvalue weighted by Crippen LogP contribution is -2.22. The summed E-state index contributed by atoms with van der Waals surface area (Å²) in [4.78, 5) is 34.7. The van der Waals surface area contributed by atoms with Crippen LogP contribution < -0.4 is 5.44 Å². The number of hydrogen-bond acceptors (Lipinski definition) is 3. The Labute approximate surface area is 126 Å². The van der Waals surface area contributed by atoms with Crippen molar-refractivity contribution in [3.8, 4) is 0 Å². The number of rotatable bonds is 7. The summed E-state index contributed by atoms with van der Waals surface area (Å²) < 4.78 is 12.5. The highest BCUT2D eigenvalue weighted by Gasteiger charge is 2.32. The molecule has 0 fully saturated rings. The minimum Gasteiger partial charge on any atom is -0.481 e. The van der Waals surface area contributed by atoms with Gasteiger partial charge in [-0.25, -0.2) is 0 Å². The van der Waals surface area contributed by atoms with E-state index in [1.165, 1.54) is 6.07 Å². The molecule has 0 saturated carbocycles. The highest BCUT2D eigenvalue weighted by Crippen LogP contribution is 2.42. The molecular weight excluding hydrogens is 309 g/mol. The van der Waals surface area contributed by atoms with Gasteiger partial charge in [-0.05, 0) is 18.6 Å². The van der Waals surface area contributed by atoms with Crippen molar-refractivity contribution in [1.82, 2.24) is 4.98 Å². The van der Waals surface area contributed by atoms with Gasteiger partial charge in [0.15, 0.2) is 0 Å². The molecule has 7 nitrogen and oxygen atoms in total. The molecule has 2 aromatic rings. The summed E-state index contributed by atoms with van der Waals surface area (Å²) in [6.07, 6.45) is -1.04. The van der Waals surface area contributed by atoms with Gasteiger partial charge in [-0.3, -0.25) is 14.2 Å². The molecule has 1 aromatic carbocycles. The fraction of sp³-hybridized carbons (Fsp3) is 0.286. The van der Waals surface area contributed by atoms with E-state index in [0.717, 1.165) is 5.39 Å². The van der Waals surface area contributed by atoms with Gasteiger partial charge in [-0.15, -0.1) is 0 Å². The maximum atomic E-state index is 12.5. The van der Waals surface area contributed by atoms with Gasteiger partial charge in [-0.2, -0.15) is 0 Å². The van der Waals surface area contributed by atoms with Crippen LogP contribution in [-0.2, 0) is 14.2 Å². The van der Waals surface area contributed by atoms with Gasteiger partial charge in [0.05, 0.1) is 5.92 Å². The van der Waals surface area contributed by atoms with Gasteiger partial charge in [0.2, 0.25) is 7.37 Å². The predicted octanol–water partition coefficient (Wildman–Crippen LogP) is 1.63. The number of nitrogens with one attached hydrogen (secondary N) is 1. The molecule has 0 aliphatic heterocycles. The van der Waals surface area contributed by atoms with E-state index in [4.69, 9.17) is 10.2 Å². The Balaban J connectivity index is 2.22. The van der Waals surface area contributed by atoms with E-state index in [-0.39, 0.29) is 18.3 Å². The number of aromatic amines is 1. The quantitative estimate of drug-likeness (QED) is 0.573. The van der Waals surface area contributed by atoms with Crippen molar-refractivity contribution in [2.45, 2.75) is 12.8 Å². The SMILES string of the molecule is O=C(O)CCC(CP(=O)(O)c1cc2ccccc2[nH]1)C(=O)O. The molecule has 2 atom stereocenters. The van der Waals surface area contributed by atoms with Crippen LogP contribution in [0.5, 0.6) is 0 Å². The molecule has 2 rings (SSSR count). The number of carbonyl (C=O) groups is 2. The number of fused-ring (bicyclic) bond motifs is 1. The third kappa shape index (κ3) is 3.75. The van der Waals surface area contributed by atoms with Crippen LogP contribution in [0.15, 0.2) is 30.3 Å². The van der Waals surface area contributed by atoms with Crippen LogP contribution in [0.4, 0.5) is 0 Å². The lowest BCUT2D eigenvalue weighted by atomic mass is 10.1. The molecule has 8 heteroatoms. The van der Waals surface area contributed by atoms with Gasteiger partial charge in [0.25, 0.3) is 0 Å². The van der Waals surface area contributed by atoms with Crippen LogP contribution in [0.3, 0.4) is 0 Å². The minimum absolute atomic E-state index is 0.0790. The first-order chi connectivity index (χ1) is 10.3. The van der Waals surface area contributed by atoms with Gasteiger partial charge in [-0.1, -0.05) is 18.2 Å². The zero-order chi connectivity index (χ0) is 16.3. The standard InChI is InChI=1S/C14H16NO6P/c16-13(17)6-5-10(14(18)19)8-22(20,21)12-7-9-3-1-2-4-11(9)15-12/h1-4,7,10,15H,5-6,8H2,(H,16,17)(H,18,19)(H,20,21). The summed E-state index contributed by atoms with van der Waals surface area (Å²) in [5.74, 6) is -3.59. The number of H-pyrrole nitrogens is 1. The number of aliphatic carboxylic acids is 2. The van der Waals surface area contributed by atoms with Gasteiger partial charge < -0.3 is 20.1 Å². The van der Waals surface area contributed by atoms with Crippen LogP contribution in [0.25, 0.3) is 10.9 Å². The molecule has 2 unspecified atom stereocenters. The summed E-state index contributed by atoms with van der Waals surface area (Å²) in [6, 6.07) is 8.60. The maximum absolute atomic E-state index is 12.5. The number of aromatic nitrogens is 1. The Morgan fingerprint density at radius 2 is 1.91 bits per heavy atom. The smallest absolute Gasteiger partial charge is 0.307 e. The molecule has 0 radical (unpaired) electrons. The Kier molecular flexibility index (Phi) is 4.68. The summed E-state index contributed by atoms with van der Waals surface area (Å²) in [5, 5.41) is 18.5. The normalized spacial score (nSPS) is 15.3. The van der Waals surface area contributed by atoms with Crippen molar-refractivity contribution >= 4 is 35.6 Å². The van der Waals surface area contributed by atoms with Crippen molar-refractivity contribution in [1.29, 1.82) is 0 Å². The van der Waals surface area contributed by atoms with Crippen molar-refractivity contribution in [3.63, 3.8) is 0 Å². The summed E-state index contributed by atoms with van der Waals surface area (Å²) in [7, 11) is -3.92. The third-order valence-electron chi connectivity index (χ3n) is 3.42. The van der Waals surface area contributed by atoms with Crippen LogP contribution in [0.1, 0.15) is 12.8 Å². The van der Waals surface area contributed by atoms with Gasteiger partial charge in [0, 0.05) is 23.5 Å². The first kappa shape index (κ1) is 16.3. The second kappa shape index (κ2) is 6.34. The molecule has 0 spiro atoms. The number of benzene rings is 1. The average Bonchev–Trinajstić information content (AvgIpc) is 2.87. The third-order valence-corrected chi connectivity index (χ3v) is 5.35. The van der Waals surface area contributed by atoms with Crippen LogP contribution in [0, 0.1) is 5.92 Å². The number of carboxylic acids is 2. The number of para-hydroxylation sites is 1. The summed E-state index contributed by atoms with van der Waals surface area (Å²) in [5.41, 5.74) is 0.763. The lowest BCUT2D eigenvalue weighted by Gasteiger charge is -2.15. The van der Waals surface area contributed by atoms with Crippen LogP contribution in [0.2, 0.25) is 0 Å². The minimum atomic E-state index is -3.92. The second-order valence-corrected chi connectivity index (χ2v) is 7.34. The predicted molar refractivity (Wildman–Crippen MR) is 80.6 cm³/mol. The van der Waals surface area contributed by atoms with Crippen LogP contribution in [-0.4, -0.2) is 38.2 Å². The topological polar surface area (TPSA) is 128 Å². The molecule has 22 heavy (non-hydrogen) atoms. The van der Waals surface area contributed by atoms with E-state index in [2.05, 4.69) is 4.98 Å². The molecule has 0 amide bonds. The molecular formula is C14H16NO6P. The summed E-state index contributed by atoms with van der Waals surface area (Å²) in [6.45, 7) is 0. The molecule has 1 heterocycles. The summed E-state index contributed by atoms with van der Waals surface area (Å²) >= 11 is 0. The first-order valence-corrected chi connectivity index (χ1v) is 8.49. The highest BCUT2D eigenvalue weighted by molar-refractivity contribution is 7.65. The van der Waals surface area contributed by atoms with Crippen LogP contribution >= 0.6 is 7.37 Å². The van der Waals surface area contributed by atoms with E-state index in [9.17, 15) is 19.0 Å². The Morgan fingerprint density at radius 1 is 1.23 bits per heavy atom. The maximum Gasteiger partial charge on any atom is 0.307 e. The van der Waals surface area contributed by atoms with Crippen molar-refractivity contribution in [3.05, 3.63) is 30.3 Å². The lowest BCUT2D eigenvalue weighted by molar-refractivity contribution is -0.142. The monoisotopic (exact) mass is 325 g/mol. The van der Waals surface area contributed by atoms with Gasteiger partial charge in [0.1, 0.15) is 5.44 Å². The van der Waals surface area contributed by atoms with E-state index < -0.39 is 31.4 Å².